The summed E-state index contributed by atoms with van der Waals surface area (Å²) in [7, 11) is 0. The number of hydrogen-bond donors (Lipinski definition) is 23. The van der Waals surface area contributed by atoms with Gasteiger partial charge in [-0.05, 0) is 44.9 Å². The van der Waals surface area contributed by atoms with Crippen molar-refractivity contribution in [2.45, 2.75) is 441 Å². The fourth-order valence-corrected chi connectivity index (χ4v) is 16.6. The molecule has 0 aromatic rings. The SMILES string of the molecule is CCCCCCCC/C=C\CCCCCCCCCCCCCC(=O)N[C@@H](CO[C@@H]1OC(CO)[C@@H](O[C@@H]2OC(CO)[C@H](O)[C@H](O[C@H]3OC(CO)[C@H](O)[C@H](O[C@@H]4OC(CO)[C@H](O)[C@H](O[C@@H]5OC(CO)[C@H](O)[C@H](O[C@]6(C(=O)O)CC(O)[C@@H](NC(C)=O)C([C@H](O)[C@H](O)CO)O6)C5O)C4NC(C)=O)C3O)C2O)[C@H](O)C1O)[C@H](O)/C=C/CCCCCCCCCCCCC. The molecular weight excluding hydrogens is 1640 g/mol. The molecule has 0 aliphatic carbocycles. The molecule has 0 bridgehead atoms. The zero-order valence-electron chi connectivity index (χ0n) is 72.5. The zero-order chi connectivity index (χ0) is 91.0. The Morgan fingerprint density at radius 1 is 0.419 bits per heavy atom. The average Bonchev–Trinajstić information content (AvgIpc) is 0.746. The van der Waals surface area contributed by atoms with Gasteiger partial charge in [0.05, 0.1) is 70.5 Å². The molecule has 6 aliphatic heterocycles. The van der Waals surface area contributed by atoms with Gasteiger partial charge in [-0.3, -0.25) is 14.4 Å². The summed E-state index contributed by atoms with van der Waals surface area (Å²) in [5.41, 5.74) is 0. The van der Waals surface area contributed by atoms with E-state index in [-0.39, 0.29) is 12.3 Å². The standard InChI is InChI=1S/C85H151N3O36/c1-5-7-9-11-13-15-17-19-20-21-22-23-24-25-26-28-30-32-34-36-38-40-60(100)88-51(52(97)39-37-35-33-31-29-27-18-16-14-12-10-8-6-2)48-113-80-69(107)68(106)73(59(47-94)118-80)119-81-71(109)77(66(104)57(45-92)115-81)122-82-70(108)76(65(103)56(44-91)116-82)121-79-62(87-50(4)96)74(64(102)55(43-90)114-79)120-83-72(110)78(67(105)58(46-93)117-83)124-85(84(111)112)41-53(98)61(86-49(3)95)75(123-85)63(101)54(99)42-89/h19-20,37,39,51-59,61-83,89-94,97-99,101-110H,5-18,21-36,38,40-48H2,1-4H3,(H,86,95)(H,87,96)(H,88,100)(H,111,112)/b20-19-,39-37+/t51-,52+,53?,54+,55?,56?,57?,58?,59?,61+,62?,63+,64-,65-,66-,67-,68+,69?,70?,71?,72?,73+,74+,75?,76-,77-,78-,79-,80+,81-,82+,83-,85-/m0/s1. The number of ether oxygens (including phenoxy) is 12. The van der Waals surface area contributed by atoms with Gasteiger partial charge in [-0.15, -0.1) is 0 Å². The van der Waals surface area contributed by atoms with Crippen molar-refractivity contribution >= 4 is 23.7 Å². The number of aliphatic carboxylic acids is 1. The molecular formula is C85H151N3O36. The number of carboxylic acids is 1. The van der Waals surface area contributed by atoms with Gasteiger partial charge in [0.2, 0.25) is 17.7 Å². The molecule has 6 saturated heterocycles. The number of amides is 3. The van der Waals surface area contributed by atoms with Crippen molar-refractivity contribution in [3.63, 3.8) is 0 Å². The Kier molecular flexibility index (Phi) is 51.0. The van der Waals surface area contributed by atoms with Crippen LogP contribution >= 0.6 is 0 Å². The minimum Gasteiger partial charge on any atom is -0.477 e. The van der Waals surface area contributed by atoms with Crippen LogP contribution in [-0.4, -0.2) is 374 Å². The Morgan fingerprint density at radius 2 is 0.790 bits per heavy atom. The first-order valence-corrected chi connectivity index (χ1v) is 45.3. The highest BCUT2D eigenvalue weighted by Gasteiger charge is 2.62. The molecule has 6 rings (SSSR count). The Hall–Kier alpha value is -3.88. The largest absolute Gasteiger partial charge is 0.477 e. The van der Waals surface area contributed by atoms with Crippen LogP contribution in [0.2, 0.25) is 0 Å². The van der Waals surface area contributed by atoms with E-state index >= 15 is 0 Å². The molecule has 0 aromatic heterocycles. The Labute approximate surface area is 727 Å². The van der Waals surface area contributed by atoms with Gasteiger partial charge in [0.1, 0.15) is 140 Å². The predicted molar refractivity (Wildman–Crippen MR) is 439 cm³/mol. The number of allylic oxidation sites excluding steroid dienone is 3. The molecule has 0 radical (unpaired) electrons. The highest BCUT2D eigenvalue weighted by atomic mass is 16.8. The van der Waals surface area contributed by atoms with Gasteiger partial charge in [-0.1, -0.05) is 192 Å². The molecule has 33 atom stereocenters. The van der Waals surface area contributed by atoms with E-state index in [4.69, 9.17) is 56.8 Å². The van der Waals surface area contributed by atoms with Gasteiger partial charge in [0.25, 0.3) is 5.79 Å². The lowest BCUT2D eigenvalue weighted by Crippen LogP contribution is -2.71. The van der Waals surface area contributed by atoms with Crippen molar-refractivity contribution in [3.8, 4) is 0 Å². The minimum absolute atomic E-state index is 0.154. The van der Waals surface area contributed by atoms with Crippen LogP contribution in [0.3, 0.4) is 0 Å². The van der Waals surface area contributed by atoms with E-state index in [0.717, 1.165) is 78.1 Å². The van der Waals surface area contributed by atoms with Gasteiger partial charge in [0, 0.05) is 26.7 Å². The van der Waals surface area contributed by atoms with Crippen LogP contribution in [0.15, 0.2) is 24.3 Å². The summed E-state index contributed by atoms with van der Waals surface area (Å²) in [6.07, 6.45) is -17.6. The van der Waals surface area contributed by atoms with Gasteiger partial charge < -0.3 is 175 Å². The fraction of sp³-hybridized carbons (Fsp3) is 0.906. The molecule has 23 N–H and O–H groups in total. The van der Waals surface area contributed by atoms with Crippen molar-refractivity contribution in [1.29, 1.82) is 0 Å². The second-order valence-electron chi connectivity index (χ2n) is 33.8. The van der Waals surface area contributed by atoms with E-state index in [1.165, 1.54) is 122 Å². The molecule has 12 unspecified atom stereocenters. The maximum Gasteiger partial charge on any atom is 0.364 e. The molecule has 124 heavy (non-hydrogen) atoms. The molecule has 39 heteroatoms. The second-order valence-corrected chi connectivity index (χ2v) is 33.8. The number of unbranched alkanes of at least 4 members (excludes halogenated alkanes) is 28. The van der Waals surface area contributed by atoms with E-state index in [9.17, 15) is 121 Å². The third kappa shape index (κ3) is 33.4. The van der Waals surface area contributed by atoms with Gasteiger partial charge in [0.15, 0.2) is 31.5 Å². The van der Waals surface area contributed by atoms with E-state index < -0.39 is 272 Å². The van der Waals surface area contributed by atoms with E-state index in [2.05, 4.69) is 41.9 Å². The van der Waals surface area contributed by atoms with Crippen LogP contribution in [0.4, 0.5) is 0 Å². The number of carboxylic acid groups (broad SMARTS) is 1. The predicted octanol–water partition coefficient (Wildman–Crippen LogP) is -1.10. The molecule has 3 amide bonds. The normalized spacial score (nSPS) is 35.3. The van der Waals surface area contributed by atoms with Crippen molar-refractivity contribution in [3.05, 3.63) is 24.3 Å². The monoisotopic (exact) mass is 1790 g/mol. The number of aliphatic hydroxyl groups is 19. The number of rotatable bonds is 60. The topological polar surface area (TPSA) is 620 Å². The molecule has 722 valence electrons. The molecule has 39 nitrogen and oxygen atoms in total. The van der Waals surface area contributed by atoms with Crippen LogP contribution < -0.4 is 16.0 Å². The smallest absolute Gasteiger partial charge is 0.364 e. The van der Waals surface area contributed by atoms with Crippen LogP contribution in [0.1, 0.15) is 240 Å². The van der Waals surface area contributed by atoms with E-state index in [1.807, 2.05) is 6.08 Å². The number of carbonyl (C=O) groups is 4. The maximum absolute atomic E-state index is 13.6. The number of nitrogens with one attached hydrogen (secondary N) is 3. The Balaban J connectivity index is 1.10. The van der Waals surface area contributed by atoms with Crippen molar-refractivity contribution in [2.24, 2.45) is 0 Å². The lowest BCUT2D eigenvalue weighted by atomic mass is 9.88. The lowest BCUT2D eigenvalue weighted by molar-refractivity contribution is -0.393. The summed E-state index contributed by atoms with van der Waals surface area (Å²) in [6, 6.07) is -4.76. The first kappa shape index (κ1) is 109. The van der Waals surface area contributed by atoms with Crippen molar-refractivity contribution < 1.29 is 178 Å². The first-order valence-electron chi connectivity index (χ1n) is 45.3. The lowest BCUT2D eigenvalue weighted by Gasteiger charge is -2.51. The third-order valence-corrected chi connectivity index (χ3v) is 23.9. The van der Waals surface area contributed by atoms with E-state index in [0.29, 0.717) is 12.8 Å². The summed E-state index contributed by atoms with van der Waals surface area (Å²) >= 11 is 0. The molecule has 6 fully saturated rings. The molecule has 0 aromatic carbocycles. The van der Waals surface area contributed by atoms with E-state index in [1.54, 1.807) is 6.08 Å². The summed E-state index contributed by atoms with van der Waals surface area (Å²) in [5.74, 6) is -7.53. The average molecular weight is 1790 g/mol. The zero-order valence-corrected chi connectivity index (χ0v) is 72.5. The van der Waals surface area contributed by atoms with Crippen LogP contribution in [0, 0.1) is 0 Å². The van der Waals surface area contributed by atoms with Gasteiger partial charge in [-0.2, -0.15) is 0 Å². The van der Waals surface area contributed by atoms with Crippen molar-refractivity contribution in [2.75, 3.05) is 46.2 Å². The Bertz CT molecular complexity index is 3000. The van der Waals surface area contributed by atoms with Crippen molar-refractivity contribution in [1.82, 2.24) is 16.0 Å². The summed E-state index contributed by atoms with van der Waals surface area (Å²) in [5, 5.41) is 232. The minimum atomic E-state index is -3.25. The maximum atomic E-state index is 13.6. The highest BCUT2D eigenvalue weighted by Crippen LogP contribution is 2.41. The number of aliphatic hydroxyl groups excluding tert-OH is 19. The van der Waals surface area contributed by atoms with Crippen LogP contribution in [0.25, 0.3) is 0 Å². The quantitative estimate of drug-likeness (QED) is 0.0254. The third-order valence-electron chi connectivity index (χ3n) is 23.9. The number of hydrogen-bond acceptors (Lipinski definition) is 35. The first-order chi connectivity index (χ1) is 59.5. The van der Waals surface area contributed by atoms with Crippen LogP contribution in [-0.2, 0) is 76.0 Å². The molecule has 6 aliphatic rings. The second kappa shape index (κ2) is 58.1. The van der Waals surface area contributed by atoms with Gasteiger partial charge >= 0.3 is 5.97 Å². The highest BCUT2D eigenvalue weighted by molar-refractivity contribution is 5.77. The summed E-state index contributed by atoms with van der Waals surface area (Å²) in [4.78, 5) is 52.2. The Morgan fingerprint density at radius 3 is 1.23 bits per heavy atom. The molecule has 0 saturated carbocycles. The summed E-state index contributed by atoms with van der Waals surface area (Å²) in [6.45, 7) is -0.715. The summed E-state index contributed by atoms with van der Waals surface area (Å²) < 4.78 is 70.7. The molecule has 0 spiro atoms. The van der Waals surface area contributed by atoms with Crippen LogP contribution in [0.5, 0.6) is 0 Å². The van der Waals surface area contributed by atoms with Gasteiger partial charge in [-0.25, -0.2) is 4.79 Å². The fourth-order valence-electron chi connectivity index (χ4n) is 16.6. The number of carbonyl (C=O) groups excluding carboxylic acids is 3. The molecule has 6 heterocycles.